The number of hydrogen-bond donors (Lipinski definition) is 1. The first-order valence-corrected chi connectivity index (χ1v) is 7.06. The Morgan fingerprint density at radius 1 is 1.59 bits per heavy atom. The summed E-state index contributed by atoms with van der Waals surface area (Å²) in [6.07, 6.45) is 0.684. The summed E-state index contributed by atoms with van der Waals surface area (Å²) in [5.41, 5.74) is 1.43. The van der Waals surface area contributed by atoms with E-state index in [1.807, 2.05) is 19.9 Å². The molecule has 2 aromatic heterocycles. The number of aromatic amines is 1. The maximum atomic E-state index is 11.8. The van der Waals surface area contributed by atoms with Crippen LogP contribution in [0.5, 0.6) is 0 Å². The summed E-state index contributed by atoms with van der Waals surface area (Å²) in [6, 6.07) is 1.86. The summed E-state index contributed by atoms with van der Waals surface area (Å²) in [5, 5.41) is 0. The van der Waals surface area contributed by atoms with Gasteiger partial charge in [-0.25, -0.2) is 4.98 Å². The molecule has 0 amide bonds. The number of halogens is 2. The van der Waals surface area contributed by atoms with Crippen LogP contribution >= 0.6 is 38.9 Å². The predicted molar refractivity (Wildman–Crippen MR) is 75.0 cm³/mol. The summed E-state index contributed by atoms with van der Waals surface area (Å²) in [7, 11) is 0. The van der Waals surface area contributed by atoms with Crippen LogP contribution in [0.2, 0.25) is 4.34 Å². The molecule has 3 nitrogen and oxygen atoms in total. The summed E-state index contributed by atoms with van der Waals surface area (Å²) in [6.45, 7) is 3.79. The third-order valence-corrected chi connectivity index (χ3v) is 4.94. The molecule has 2 rings (SSSR count). The first kappa shape index (κ1) is 12.8. The van der Waals surface area contributed by atoms with E-state index in [9.17, 15) is 4.79 Å². The monoisotopic (exact) mass is 332 g/mol. The highest BCUT2D eigenvalue weighted by Crippen LogP contribution is 2.36. The molecule has 0 spiro atoms. The molecule has 0 atom stereocenters. The molecule has 0 unspecified atom stereocenters. The minimum atomic E-state index is -0.0735. The standard InChI is InChI=1S/C11H10BrClN2OS/c1-3-6-5(2)14-10(15-11(6)16)8-4-7(12)9(13)17-8/h4H,3H2,1-2H3,(H,14,15,16). The van der Waals surface area contributed by atoms with Gasteiger partial charge >= 0.3 is 0 Å². The number of aromatic nitrogens is 2. The molecule has 17 heavy (non-hydrogen) atoms. The van der Waals surface area contributed by atoms with Gasteiger partial charge in [0, 0.05) is 15.7 Å². The lowest BCUT2D eigenvalue weighted by molar-refractivity contribution is 0.970. The van der Waals surface area contributed by atoms with Gasteiger partial charge in [0.25, 0.3) is 5.56 Å². The van der Waals surface area contributed by atoms with Crippen LogP contribution in [0.1, 0.15) is 18.2 Å². The maximum absolute atomic E-state index is 11.8. The smallest absolute Gasteiger partial charge is 0.254 e. The third-order valence-electron chi connectivity index (χ3n) is 2.45. The maximum Gasteiger partial charge on any atom is 0.254 e. The highest BCUT2D eigenvalue weighted by atomic mass is 79.9. The molecule has 0 aliphatic heterocycles. The molecule has 0 radical (unpaired) electrons. The van der Waals surface area contributed by atoms with Crippen molar-refractivity contribution < 1.29 is 0 Å². The van der Waals surface area contributed by atoms with Gasteiger partial charge in [-0.1, -0.05) is 18.5 Å². The van der Waals surface area contributed by atoms with Crippen molar-refractivity contribution in [2.45, 2.75) is 20.3 Å². The van der Waals surface area contributed by atoms with Crippen molar-refractivity contribution >= 4 is 38.9 Å². The number of aryl methyl sites for hydroxylation is 1. The molecule has 0 aliphatic carbocycles. The van der Waals surface area contributed by atoms with Crippen LogP contribution in [0.15, 0.2) is 15.3 Å². The fourth-order valence-corrected chi connectivity index (χ4v) is 3.25. The van der Waals surface area contributed by atoms with Gasteiger partial charge in [-0.2, -0.15) is 0 Å². The Bertz CT molecular complexity index is 601. The molecule has 0 saturated heterocycles. The predicted octanol–water partition coefficient (Wildman–Crippen LogP) is 3.79. The molecular weight excluding hydrogens is 324 g/mol. The number of H-pyrrole nitrogens is 1. The number of nitrogens with zero attached hydrogens (tertiary/aromatic N) is 1. The number of hydrogen-bond acceptors (Lipinski definition) is 3. The topological polar surface area (TPSA) is 45.8 Å². The van der Waals surface area contributed by atoms with E-state index in [0.717, 1.165) is 20.6 Å². The van der Waals surface area contributed by atoms with Gasteiger partial charge in [0.05, 0.1) is 4.88 Å². The minimum absolute atomic E-state index is 0.0735. The first-order chi connectivity index (χ1) is 8.02. The van der Waals surface area contributed by atoms with Crippen molar-refractivity contribution in [1.29, 1.82) is 0 Å². The van der Waals surface area contributed by atoms with Crippen LogP contribution < -0.4 is 5.56 Å². The lowest BCUT2D eigenvalue weighted by Gasteiger charge is -2.03. The Kier molecular flexibility index (Phi) is 3.70. The van der Waals surface area contributed by atoms with Crippen molar-refractivity contribution in [3.8, 4) is 10.7 Å². The van der Waals surface area contributed by atoms with Crippen molar-refractivity contribution in [2.24, 2.45) is 0 Å². The highest BCUT2D eigenvalue weighted by Gasteiger charge is 2.11. The third kappa shape index (κ3) is 2.46. The van der Waals surface area contributed by atoms with Crippen LogP contribution in [-0.4, -0.2) is 9.97 Å². The molecule has 0 fully saturated rings. The molecule has 0 aromatic carbocycles. The second-order valence-electron chi connectivity index (χ2n) is 3.56. The number of nitrogens with one attached hydrogen (secondary N) is 1. The van der Waals surface area contributed by atoms with E-state index in [1.165, 1.54) is 11.3 Å². The van der Waals surface area contributed by atoms with Gasteiger partial charge in [0.1, 0.15) is 4.34 Å². The summed E-state index contributed by atoms with van der Waals surface area (Å²) >= 11 is 10.7. The molecule has 0 bridgehead atoms. The first-order valence-electron chi connectivity index (χ1n) is 5.08. The average Bonchev–Trinajstić information content (AvgIpc) is 2.59. The van der Waals surface area contributed by atoms with Gasteiger partial charge in [-0.3, -0.25) is 4.79 Å². The van der Waals surface area contributed by atoms with Gasteiger partial charge in [-0.05, 0) is 35.3 Å². The molecule has 2 heterocycles. The van der Waals surface area contributed by atoms with E-state index in [2.05, 4.69) is 25.9 Å². The Hall–Kier alpha value is -0.650. The molecule has 6 heteroatoms. The Morgan fingerprint density at radius 2 is 2.29 bits per heavy atom. The molecule has 2 aromatic rings. The Morgan fingerprint density at radius 3 is 2.76 bits per heavy atom. The van der Waals surface area contributed by atoms with Crippen LogP contribution in [0, 0.1) is 6.92 Å². The van der Waals surface area contributed by atoms with E-state index in [-0.39, 0.29) is 5.56 Å². The molecular formula is C11H10BrClN2OS. The Balaban J connectivity index is 2.58. The van der Waals surface area contributed by atoms with Crippen LogP contribution in [0.25, 0.3) is 10.7 Å². The average molecular weight is 334 g/mol. The normalized spacial score (nSPS) is 10.8. The second-order valence-corrected chi connectivity index (χ2v) is 6.07. The lowest BCUT2D eigenvalue weighted by Crippen LogP contribution is -2.16. The molecule has 0 saturated carbocycles. The summed E-state index contributed by atoms with van der Waals surface area (Å²) in [5.74, 6) is 0.572. The van der Waals surface area contributed by atoms with Gasteiger partial charge in [0.15, 0.2) is 5.82 Å². The molecule has 0 aliphatic rings. The van der Waals surface area contributed by atoms with E-state index >= 15 is 0 Å². The fourth-order valence-electron chi connectivity index (χ4n) is 1.61. The van der Waals surface area contributed by atoms with Gasteiger partial charge in [-0.15, -0.1) is 11.3 Å². The van der Waals surface area contributed by atoms with Crippen LogP contribution in [0.3, 0.4) is 0 Å². The van der Waals surface area contributed by atoms with Crippen LogP contribution in [-0.2, 0) is 6.42 Å². The summed E-state index contributed by atoms with van der Waals surface area (Å²) < 4.78 is 1.47. The summed E-state index contributed by atoms with van der Waals surface area (Å²) in [4.78, 5) is 19.9. The van der Waals surface area contributed by atoms with Crippen molar-refractivity contribution in [3.63, 3.8) is 0 Å². The zero-order valence-corrected chi connectivity index (χ0v) is 12.5. The Labute approximate surface area is 116 Å². The second kappa shape index (κ2) is 4.92. The lowest BCUT2D eigenvalue weighted by atomic mass is 10.2. The molecule has 1 N–H and O–H groups in total. The van der Waals surface area contributed by atoms with Gasteiger partial charge < -0.3 is 4.98 Å². The van der Waals surface area contributed by atoms with E-state index in [0.29, 0.717) is 16.6 Å². The number of rotatable bonds is 2. The zero-order chi connectivity index (χ0) is 12.6. The van der Waals surface area contributed by atoms with Gasteiger partial charge in [0.2, 0.25) is 0 Å². The van der Waals surface area contributed by atoms with E-state index < -0.39 is 0 Å². The molecule has 90 valence electrons. The van der Waals surface area contributed by atoms with Crippen LogP contribution in [0.4, 0.5) is 0 Å². The highest BCUT2D eigenvalue weighted by molar-refractivity contribution is 9.10. The fraction of sp³-hybridized carbons (Fsp3) is 0.273. The van der Waals surface area contributed by atoms with Crippen molar-refractivity contribution in [2.75, 3.05) is 0 Å². The minimum Gasteiger partial charge on any atom is -0.306 e. The SMILES string of the molecule is CCc1c(C)nc(-c2cc(Br)c(Cl)s2)[nH]c1=O. The van der Waals surface area contributed by atoms with E-state index in [1.54, 1.807) is 0 Å². The van der Waals surface area contributed by atoms with Crippen molar-refractivity contribution in [1.82, 2.24) is 9.97 Å². The van der Waals surface area contributed by atoms with E-state index in [4.69, 9.17) is 11.6 Å². The number of thiophene rings is 1. The quantitative estimate of drug-likeness (QED) is 0.909. The zero-order valence-electron chi connectivity index (χ0n) is 9.30. The largest absolute Gasteiger partial charge is 0.306 e. The van der Waals surface area contributed by atoms with Crippen molar-refractivity contribution in [3.05, 3.63) is 36.5 Å².